The fraction of sp³-hybridized carbons (Fsp3) is 0.567. The maximum atomic E-state index is 13.7. The topological polar surface area (TPSA) is 173 Å². The van der Waals surface area contributed by atoms with Gasteiger partial charge in [0, 0.05) is 32.1 Å². The molecule has 1 fully saturated rings. The van der Waals surface area contributed by atoms with Crippen molar-refractivity contribution < 1.29 is 28.7 Å². The number of aromatic nitrogens is 3. The number of alkyl carbamates (subject to hydrolysis) is 1. The van der Waals surface area contributed by atoms with Gasteiger partial charge in [0.1, 0.15) is 18.7 Å². The van der Waals surface area contributed by atoms with Crippen molar-refractivity contribution in [2.45, 2.75) is 95.5 Å². The van der Waals surface area contributed by atoms with Crippen LogP contribution in [0.2, 0.25) is 0 Å². The van der Waals surface area contributed by atoms with Crippen LogP contribution < -0.4 is 21.3 Å². The molecule has 0 radical (unpaired) electrons. The van der Waals surface area contributed by atoms with Crippen molar-refractivity contribution in [1.82, 2.24) is 36.3 Å². The molecule has 0 spiro atoms. The largest absolute Gasteiger partial charge is 0.445 e. The summed E-state index contributed by atoms with van der Waals surface area (Å²) >= 11 is 3.94. The Morgan fingerprint density at radius 3 is 2.52 bits per heavy atom. The van der Waals surface area contributed by atoms with E-state index >= 15 is 0 Å². The summed E-state index contributed by atoms with van der Waals surface area (Å²) in [5.41, 5.74) is 1.24. The third-order valence-corrected chi connectivity index (χ3v) is 8.22. The van der Waals surface area contributed by atoms with Crippen molar-refractivity contribution in [1.29, 1.82) is 0 Å². The first-order chi connectivity index (χ1) is 21.3. The minimum atomic E-state index is -1.12. The highest BCUT2D eigenvalue weighted by molar-refractivity contribution is 7.96. The average molecular weight is 628 g/mol. The van der Waals surface area contributed by atoms with E-state index in [1.54, 1.807) is 10.9 Å². The van der Waals surface area contributed by atoms with Crippen molar-refractivity contribution >= 4 is 41.6 Å². The van der Waals surface area contributed by atoms with E-state index in [-0.39, 0.29) is 37.7 Å². The molecule has 13 nitrogen and oxygen atoms in total. The first kappa shape index (κ1) is 33.0. The monoisotopic (exact) mass is 627 g/mol. The van der Waals surface area contributed by atoms with Crippen LogP contribution in [0.3, 0.4) is 0 Å². The van der Waals surface area contributed by atoms with Crippen molar-refractivity contribution in [2.24, 2.45) is 5.92 Å². The van der Waals surface area contributed by atoms with Crippen LogP contribution in [0.5, 0.6) is 0 Å². The maximum Gasteiger partial charge on any atom is 0.408 e. The molecule has 1 saturated carbocycles. The number of rotatable bonds is 6. The molecule has 14 heteroatoms. The number of hydrogen-bond acceptors (Lipinski definition) is 8. The Hall–Kier alpha value is -3.94. The third kappa shape index (κ3) is 10.6. The second-order valence-corrected chi connectivity index (χ2v) is 11.8. The maximum absolute atomic E-state index is 13.7. The second kappa shape index (κ2) is 16.8. The summed E-state index contributed by atoms with van der Waals surface area (Å²) in [6.45, 7) is 0.858. The standard InChI is InChI=1S/C30H41N7O6S/c38-26-13-12-23(29(41)44)32-27(39)24(16-20-8-3-1-4-9-20)33-28(40)25(17-22-18-37(36-35-22)15-7-14-31-26)34-30(42)43-19-21-10-5-2-6-11-21/h2,5-6,10-11,18,20,23-25H,1,3-4,7-9,12-17,19H2,(H,31,38)(H,32,39)(H,33,40)(H,34,42)(H,41,44)/t23-,24-,25-/m0/s1. The SMILES string of the molecule is O=C1CC[C@@H](C(=O)S)NC(=O)[C@H](CC2CCCCC2)NC(=O)[C@@H](NC(=O)OCc2ccccc2)Cc2cn(nn2)CCCN1. The van der Waals surface area contributed by atoms with E-state index in [0.717, 1.165) is 37.7 Å². The summed E-state index contributed by atoms with van der Waals surface area (Å²) in [6, 6.07) is 6.04. The van der Waals surface area contributed by atoms with Gasteiger partial charge in [-0.25, -0.2) is 4.79 Å². The molecule has 1 aliphatic carbocycles. The van der Waals surface area contributed by atoms with Gasteiger partial charge in [0.25, 0.3) is 0 Å². The Bertz CT molecular complexity index is 1280. The number of carbonyl (C=O) groups is 5. The number of nitrogens with zero attached hydrogens (tertiary/aromatic N) is 3. The van der Waals surface area contributed by atoms with Gasteiger partial charge in [-0.05, 0) is 30.7 Å². The first-order valence-corrected chi connectivity index (χ1v) is 15.7. The van der Waals surface area contributed by atoms with E-state index in [1.165, 1.54) is 0 Å². The van der Waals surface area contributed by atoms with Gasteiger partial charge in [0.05, 0.1) is 11.7 Å². The van der Waals surface area contributed by atoms with Gasteiger partial charge < -0.3 is 26.0 Å². The summed E-state index contributed by atoms with van der Waals surface area (Å²) in [5.74, 6) is -1.19. The molecule has 2 bridgehead atoms. The Labute approximate surface area is 262 Å². The summed E-state index contributed by atoms with van der Waals surface area (Å²) < 4.78 is 6.97. The number of aryl methyl sites for hydroxylation is 1. The van der Waals surface area contributed by atoms with Crippen molar-refractivity contribution in [2.75, 3.05) is 6.54 Å². The third-order valence-electron chi connectivity index (χ3n) is 7.91. The molecular formula is C30H41N7O6S. The second-order valence-electron chi connectivity index (χ2n) is 11.4. The van der Waals surface area contributed by atoms with Crippen molar-refractivity contribution in [3.63, 3.8) is 0 Å². The van der Waals surface area contributed by atoms with Crippen LogP contribution in [0.15, 0.2) is 36.5 Å². The van der Waals surface area contributed by atoms with Gasteiger partial charge in [0.2, 0.25) is 22.8 Å². The molecule has 2 aromatic rings. The number of nitrogens with one attached hydrogen (secondary N) is 4. The Balaban J connectivity index is 1.55. The zero-order valence-corrected chi connectivity index (χ0v) is 25.6. The molecule has 1 aliphatic heterocycles. The summed E-state index contributed by atoms with van der Waals surface area (Å²) in [5, 5.41) is 18.7. The van der Waals surface area contributed by atoms with Crippen LogP contribution in [0.25, 0.3) is 0 Å². The van der Waals surface area contributed by atoms with Gasteiger partial charge in [-0.3, -0.25) is 23.9 Å². The van der Waals surface area contributed by atoms with E-state index in [2.05, 4.69) is 44.2 Å². The van der Waals surface area contributed by atoms with Crippen molar-refractivity contribution in [3.8, 4) is 0 Å². The fourth-order valence-corrected chi connectivity index (χ4v) is 5.68. The van der Waals surface area contributed by atoms with E-state index < -0.39 is 41.1 Å². The summed E-state index contributed by atoms with van der Waals surface area (Å²) in [6.07, 6.45) is 6.93. The molecule has 1 aromatic carbocycles. The lowest BCUT2D eigenvalue weighted by atomic mass is 9.84. The Kier molecular flexibility index (Phi) is 12.6. The molecule has 0 unspecified atom stereocenters. The highest BCUT2D eigenvalue weighted by Crippen LogP contribution is 2.27. The van der Waals surface area contributed by atoms with Gasteiger partial charge >= 0.3 is 6.09 Å². The molecule has 44 heavy (non-hydrogen) atoms. The van der Waals surface area contributed by atoms with E-state index in [4.69, 9.17) is 4.74 Å². The van der Waals surface area contributed by atoms with Crippen LogP contribution in [0.1, 0.15) is 69.0 Å². The number of ether oxygens (including phenoxy) is 1. The molecule has 0 saturated heterocycles. The molecule has 4 rings (SSSR count). The molecule has 3 atom stereocenters. The van der Waals surface area contributed by atoms with Crippen LogP contribution >= 0.6 is 12.6 Å². The minimum absolute atomic E-state index is 0.00146. The minimum Gasteiger partial charge on any atom is -0.445 e. The molecular weight excluding hydrogens is 586 g/mol. The lowest BCUT2D eigenvalue weighted by Crippen LogP contribution is -2.56. The molecule has 4 amide bonds. The number of thiol groups is 1. The lowest BCUT2D eigenvalue weighted by Gasteiger charge is -2.29. The lowest BCUT2D eigenvalue weighted by molar-refractivity contribution is -0.131. The summed E-state index contributed by atoms with van der Waals surface area (Å²) in [4.78, 5) is 64.8. The van der Waals surface area contributed by atoms with E-state index in [0.29, 0.717) is 31.6 Å². The van der Waals surface area contributed by atoms with Gasteiger partial charge in [-0.15, -0.1) is 17.7 Å². The molecule has 2 aliphatic rings. The van der Waals surface area contributed by atoms with Gasteiger partial charge in [-0.1, -0.05) is 67.6 Å². The predicted octanol–water partition coefficient (Wildman–Crippen LogP) is 1.81. The van der Waals surface area contributed by atoms with E-state index in [1.807, 2.05) is 30.3 Å². The first-order valence-electron chi connectivity index (χ1n) is 15.2. The average Bonchev–Trinajstić information content (AvgIpc) is 3.47. The fourth-order valence-electron chi connectivity index (χ4n) is 5.49. The predicted molar refractivity (Wildman–Crippen MR) is 163 cm³/mol. The van der Waals surface area contributed by atoms with Crippen LogP contribution in [0, 0.1) is 5.92 Å². The number of carbonyl (C=O) groups excluding carboxylic acids is 5. The number of fused-ring (bicyclic) bond motifs is 2. The molecule has 1 aromatic heterocycles. The van der Waals surface area contributed by atoms with Crippen LogP contribution in [0.4, 0.5) is 4.79 Å². The molecule has 238 valence electrons. The highest BCUT2D eigenvalue weighted by Gasteiger charge is 2.32. The van der Waals surface area contributed by atoms with Gasteiger partial charge in [0.15, 0.2) is 0 Å². The number of hydrogen-bond donors (Lipinski definition) is 5. The smallest absolute Gasteiger partial charge is 0.408 e. The Morgan fingerprint density at radius 2 is 1.77 bits per heavy atom. The highest BCUT2D eigenvalue weighted by atomic mass is 32.1. The normalized spacial score (nSPS) is 22.8. The number of benzene rings is 1. The zero-order valence-electron chi connectivity index (χ0n) is 24.7. The Morgan fingerprint density at radius 1 is 1.00 bits per heavy atom. The zero-order chi connectivity index (χ0) is 31.3. The molecule has 2 heterocycles. The van der Waals surface area contributed by atoms with Crippen LogP contribution in [-0.2, 0) is 43.5 Å². The quantitative estimate of drug-likeness (QED) is 0.302. The van der Waals surface area contributed by atoms with E-state index in [9.17, 15) is 24.0 Å². The van der Waals surface area contributed by atoms with Crippen molar-refractivity contribution in [3.05, 3.63) is 47.8 Å². The van der Waals surface area contributed by atoms with Gasteiger partial charge in [-0.2, -0.15) is 0 Å². The molecule has 4 N–H and O–H groups in total. The summed E-state index contributed by atoms with van der Waals surface area (Å²) in [7, 11) is 0. The number of amides is 4. The van der Waals surface area contributed by atoms with Crippen LogP contribution in [-0.4, -0.2) is 68.6 Å².